The topological polar surface area (TPSA) is 140 Å². The van der Waals surface area contributed by atoms with Crippen molar-refractivity contribution < 1.29 is 24.0 Å². The van der Waals surface area contributed by atoms with Crippen LogP contribution in [0.4, 0.5) is 16.2 Å². The smallest absolute Gasteiger partial charge is 0.408 e. The molecule has 0 fully saturated rings. The van der Waals surface area contributed by atoms with Gasteiger partial charge in [-0.3, -0.25) is 19.7 Å². The number of amides is 3. The first kappa shape index (κ1) is 28.8. The molecule has 0 bridgehead atoms. The average Bonchev–Trinajstić information content (AvgIpc) is 2.95. The third-order valence-corrected chi connectivity index (χ3v) is 5.93. The lowest BCUT2D eigenvalue weighted by atomic mass is 10.0. The van der Waals surface area contributed by atoms with E-state index in [1.165, 1.54) is 24.3 Å². The summed E-state index contributed by atoms with van der Waals surface area (Å²) in [5.41, 5.74) is 1.89. The van der Waals surface area contributed by atoms with Crippen LogP contribution >= 0.6 is 0 Å². The predicted molar refractivity (Wildman–Crippen MR) is 147 cm³/mol. The van der Waals surface area contributed by atoms with Gasteiger partial charge in [-0.25, -0.2) is 4.79 Å². The summed E-state index contributed by atoms with van der Waals surface area (Å²) in [5, 5.41) is 19.0. The third-order valence-electron chi connectivity index (χ3n) is 5.93. The molecule has 204 valence electrons. The van der Waals surface area contributed by atoms with Crippen molar-refractivity contribution >= 4 is 29.3 Å². The number of carbonyl (C=O) groups is 3. The Morgan fingerprint density at radius 3 is 2.03 bits per heavy atom. The number of non-ortho nitro benzene ring substituents is 1. The number of ether oxygens (including phenoxy) is 1. The summed E-state index contributed by atoms with van der Waals surface area (Å²) in [5.74, 6) is -0.994. The molecule has 0 saturated carbocycles. The van der Waals surface area contributed by atoms with Gasteiger partial charge in [-0.15, -0.1) is 0 Å². The van der Waals surface area contributed by atoms with Crippen LogP contribution in [0.2, 0.25) is 0 Å². The molecule has 0 radical (unpaired) electrons. The number of hydrogen-bond donors (Lipinski definition) is 3. The Morgan fingerprint density at radius 2 is 1.44 bits per heavy atom. The van der Waals surface area contributed by atoms with E-state index in [-0.39, 0.29) is 18.7 Å². The second kappa shape index (κ2) is 14.9. The minimum absolute atomic E-state index is 0.0448. The van der Waals surface area contributed by atoms with Gasteiger partial charge in [0.2, 0.25) is 11.8 Å². The molecule has 3 rings (SSSR count). The maximum Gasteiger partial charge on any atom is 0.408 e. The Balaban J connectivity index is 1.70. The van der Waals surface area contributed by atoms with Crippen LogP contribution < -0.4 is 16.0 Å². The van der Waals surface area contributed by atoms with Crippen LogP contribution in [-0.4, -0.2) is 34.9 Å². The molecule has 0 aliphatic rings. The van der Waals surface area contributed by atoms with Gasteiger partial charge in [-0.1, -0.05) is 80.4 Å². The van der Waals surface area contributed by atoms with Crippen molar-refractivity contribution in [1.29, 1.82) is 0 Å². The molecule has 0 aliphatic carbocycles. The molecule has 0 heterocycles. The number of rotatable bonds is 13. The van der Waals surface area contributed by atoms with Gasteiger partial charge in [0.25, 0.3) is 5.69 Å². The highest BCUT2D eigenvalue weighted by Crippen LogP contribution is 2.16. The quantitative estimate of drug-likeness (QED) is 0.214. The Bertz CT molecular complexity index is 1240. The molecule has 3 amide bonds. The highest BCUT2D eigenvalue weighted by molar-refractivity contribution is 5.98. The summed E-state index contributed by atoms with van der Waals surface area (Å²) in [6, 6.07) is 21.9. The molecular formula is C29H32N4O6. The van der Waals surface area contributed by atoms with Crippen LogP contribution in [0.3, 0.4) is 0 Å². The van der Waals surface area contributed by atoms with Gasteiger partial charge in [0, 0.05) is 24.2 Å². The van der Waals surface area contributed by atoms with Crippen molar-refractivity contribution in [1.82, 2.24) is 10.6 Å². The number of nitrogens with one attached hydrogen (secondary N) is 3. The lowest BCUT2D eigenvalue weighted by Crippen LogP contribution is -2.53. The first-order valence-electron chi connectivity index (χ1n) is 12.7. The van der Waals surface area contributed by atoms with E-state index in [9.17, 15) is 24.5 Å². The highest BCUT2D eigenvalue weighted by Gasteiger charge is 2.27. The molecule has 2 atom stereocenters. The number of alkyl carbamates (subject to hydrolysis) is 1. The highest BCUT2D eigenvalue weighted by atomic mass is 16.6. The lowest BCUT2D eigenvalue weighted by Gasteiger charge is -2.23. The Labute approximate surface area is 226 Å². The summed E-state index contributed by atoms with van der Waals surface area (Å²) < 4.78 is 5.31. The van der Waals surface area contributed by atoms with Gasteiger partial charge >= 0.3 is 6.09 Å². The molecule has 0 saturated heterocycles. The zero-order valence-electron chi connectivity index (χ0n) is 21.7. The van der Waals surface area contributed by atoms with Crippen molar-refractivity contribution in [2.24, 2.45) is 0 Å². The average molecular weight is 533 g/mol. The zero-order chi connectivity index (χ0) is 28.0. The van der Waals surface area contributed by atoms with E-state index in [0.29, 0.717) is 18.5 Å². The zero-order valence-corrected chi connectivity index (χ0v) is 21.7. The molecule has 10 nitrogen and oxygen atoms in total. The first-order valence-corrected chi connectivity index (χ1v) is 12.7. The second-order valence-corrected chi connectivity index (χ2v) is 8.95. The van der Waals surface area contributed by atoms with Crippen LogP contribution in [0.25, 0.3) is 0 Å². The normalized spacial score (nSPS) is 12.0. The van der Waals surface area contributed by atoms with Gasteiger partial charge in [0.05, 0.1) is 4.92 Å². The summed E-state index contributed by atoms with van der Waals surface area (Å²) >= 11 is 0. The molecule has 0 aromatic heterocycles. The van der Waals surface area contributed by atoms with E-state index in [4.69, 9.17) is 4.74 Å². The number of hydrogen-bond acceptors (Lipinski definition) is 6. The Hall–Kier alpha value is -4.73. The summed E-state index contributed by atoms with van der Waals surface area (Å²) in [6.07, 6.45) is 1.29. The van der Waals surface area contributed by atoms with Gasteiger partial charge in [0.1, 0.15) is 18.7 Å². The predicted octanol–water partition coefficient (Wildman–Crippen LogP) is 4.75. The van der Waals surface area contributed by atoms with E-state index < -0.39 is 34.9 Å². The summed E-state index contributed by atoms with van der Waals surface area (Å²) in [4.78, 5) is 49.4. The van der Waals surface area contributed by atoms with Crippen LogP contribution in [0.1, 0.15) is 37.3 Å². The van der Waals surface area contributed by atoms with E-state index in [1.54, 1.807) is 0 Å². The number of nitrogens with zero attached hydrogens (tertiary/aromatic N) is 1. The maximum atomic E-state index is 13.4. The number of nitro benzene ring substituents is 1. The van der Waals surface area contributed by atoms with Gasteiger partial charge in [-0.2, -0.15) is 0 Å². The molecule has 0 unspecified atom stereocenters. The van der Waals surface area contributed by atoms with Crippen LogP contribution in [0.15, 0.2) is 84.9 Å². The molecule has 39 heavy (non-hydrogen) atoms. The van der Waals surface area contributed by atoms with Crippen LogP contribution in [-0.2, 0) is 27.4 Å². The Kier molecular flexibility index (Phi) is 11.0. The third kappa shape index (κ3) is 9.58. The monoisotopic (exact) mass is 532 g/mol. The molecule has 3 aromatic carbocycles. The number of benzene rings is 3. The summed E-state index contributed by atoms with van der Waals surface area (Å²) in [6.45, 7) is 2.01. The molecule has 3 aromatic rings. The minimum atomic E-state index is -0.994. The molecular weight excluding hydrogens is 500 g/mol. The van der Waals surface area contributed by atoms with E-state index >= 15 is 0 Å². The standard InChI is InChI=1S/C29H32N4O6/c1-2-3-14-25(27(34)30-23-15-17-24(18-16-23)33(37)38)31-28(35)26(19-21-10-6-4-7-11-21)32-29(36)39-20-22-12-8-5-9-13-22/h4-13,15-18,25-26H,2-3,14,19-20H2,1H3,(H,30,34)(H,31,35)(H,32,36)/t25-,26-/m0/s1. The van der Waals surface area contributed by atoms with Gasteiger partial charge in [-0.05, 0) is 29.7 Å². The fraction of sp³-hybridized carbons (Fsp3) is 0.276. The fourth-order valence-electron chi connectivity index (χ4n) is 3.81. The SMILES string of the molecule is CCCC[C@H](NC(=O)[C@H](Cc1ccccc1)NC(=O)OCc1ccccc1)C(=O)Nc1ccc([N+](=O)[O-])cc1. The number of carbonyl (C=O) groups excluding carboxylic acids is 3. The second-order valence-electron chi connectivity index (χ2n) is 8.95. The fourth-order valence-corrected chi connectivity index (χ4v) is 3.81. The lowest BCUT2D eigenvalue weighted by molar-refractivity contribution is -0.384. The van der Waals surface area contributed by atoms with Crippen molar-refractivity contribution in [2.75, 3.05) is 5.32 Å². The largest absolute Gasteiger partial charge is 0.445 e. The van der Waals surface area contributed by atoms with Crippen molar-refractivity contribution in [3.05, 3.63) is 106 Å². The molecule has 10 heteroatoms. The summed E-state index contributed by atoms with van der Waals surface area (Å²) in [7, 11) is 0. The van der Waals surface area contributed by atoms with E-state index in [1.807, 2.05) is 67.6 Å². The van der Waals surface area contributed by atoms with E-state index in [0.717, 1.165) is 17.5 Å². The molecule has 3 N–H and O–H groups in total. The van der Waals surface area contributed by atoms with E-state index in [2.05, 4.69) is 16.0 Å². The number of unbranched alkanes of at least 4 members (excludes halogenated alkanes) is 1. The van der Waals surface area contributed by atoms with Crippen LogP contribution in [0, 0.1) is 10.1 Å². The van der Waals surface area contributed by atoms with Gasteiger partial charge < -0.3 is 20.7 Å². The Morgan fingerprint density at radius 1 is 0.821 bits per heavy atom. The van der Waals surface area contributed by atoms with Crippen LogP contribution in [0.5, 0.6) is 0 Å². The number of anilines is 1. The first-order chi connectivity index (χ1) is 18.9. The van der Waals surface area contributed by atoms with Crippen molar-refractivity contribution in [2.45, 2.75) is 51.3 Å². The van der Waals surface area contributed by atoms with Crippen molar-refractivity contribution in [3.8, 4) is 0 Å². The molecule has 0 spiro atoms. The molecule has 0 aliphatic heterocycles. The van der Waals surface area contributed by atoms with Crippen molar-refractivity contribution in [3.63, 3.8) is 0 Å². The maximum absolute atomic E-state index is 13.4. The number of nitro groups is 1. The van der Waals surface area contributed by atoms with Gasteiger partial charge in [0.15, 0.2) is 0 Å². The minimum Gasteiger partial charge on any atom is -0.445 e.